The summed E-state index contributed by atoms with van der Waals surface area (Å²) >= 11 is 10.2. The number of benzene rings is 2. The Morgan fingerprint density at radius 1 is 1.25 bits per heavy atom. The quantitative estimate of drug-likeness (QED) is 0.330. The molecule has 2 rings (SSSR count). The summed E-state index contributed by atoms with van der Waals surface area (Å²) in [5.74, 6) is 0.00599. The number of amides is 1. The SMILES string of the molecule is N#C/C(=C/c1cc(I)c(OCc2ccc(Cl)cc2)c(I)c1)C(N)=O. The maximum Gasteiger partial charge on any atom is 0.259 e. The molecule has 0 fully saturated rings. The molecule has 2 aromatic rings. The van der Waals surface area contributed by atoms with Crippen molar-refractivity contribution in [2.24, 2.45) is 5.73 Å². The zero-order valence-electron chi connectivity index (χ0n) is 12.2. The molecule has 4 nitrogen and oxygen atoms in total. The van der Waals surface area contributed by atoms with Gasteiger partial charge in [0.05, 0.1) is 7.14 Å². The second-order valence-corrected chi connectivity index (χ2v) is 7.52. The third kappa shape index (κ3) is 5.09. The first-order valence-electron chi connectivity index (χ1n) is 6.68. The molecule has 0 bridgehead atoms. The van der Waals surface area contributed by atoms with Crippen LogP contribution in [0.25, 0.3) is 6.08 Å². The summed E-state index contributed by atoms with van der Waals surface area (Å²) in [6.07, 6.45) is 1.47. The Kier molecular flexibility index (Phi) is 6.89. The molecule has 2 aromatic carbocycles. The summed E-state index contributed by atoms with van der Waals surface area (Å²) in [6.45, 7) is 0.420. The molecule has 1 amide bonds. The van der Waals surface area contributed by atoms with Crippen LogP contribution in [0.1, 0.15) is 11.1 Å². The number of primary amides is 1. The van der Waals surface area contributed by atoms with Crippen molar-refractivity contribution >= 4 is 68.8 Å². The van der Waals surface area contributed by atoms with Gasteiger partial charge < -0.3 is 10.5 Å². The molecule has 0 unspecified atom stereocenters. The highest BCUT2D eigenvalue weighted by Crippen LogP contribution is 2.30. The van der Waals surface area contributed by atoms with Crippen LogP contribution in [0.2, 0.25) is 5.02 Å². The average Bonchev–Trinajstić information content (AvgIpc) is 2.53. The topological polar surface area (TPSA) is 76.1 Å². The van der Waals surface area contributed by atoms with Gasteiger partial charge in [0.2, 0.25) is 0 Å². The number of nitrogens with two attached hydrogens (primary N) is 1. The van der Waals surface area contributed by atoms with Crippen molar-refractivity contribution < 1.29 is 9.53 Å². The van der Waals surface area contributed by atoms with E-state index in [2.05, 4.69) is 45.2 Å². The molecule has 24 heavy (non-hydrogen) atoms. The van der Waals surface area contributed by atoms with Gasteiger partial charge in [0.15, 0.2) is 0 Å². The molecule has 0 spiro atoms. The van der Waals surface area contributed by atoms with Crippen LogP contribution in [0, 0.1) is 18.5 Å². The standard InChI is InChI=1S/C17H11ClI2N2O2/c18-13-3-1-10(2-4-13)9-24-16-14(19)6-11(7-15(16)20)5-12(8-21)17(22)23/h1-7H,9H2,(H2,22,23)/b12-5-. The van der Waals surface area contributed by atoms with Crippen molar-refractivity contribution in [1.82, 2.24) is 0 Å². The van der Waals surface area contributed by atoms with Crippen LogP contribution in [0.3, 0.4) is 0 Å². The van der Waals surface area contributed by atoms with Crippen molar-refractivity contribution in [3.63, 3.8) is 0 Å². The Hall–Kier alpha value is -1.31. The minimum absolute atomic E-state index is 0.0866. The number of hydrogen-bond acceptors (Lipinski definition) is 3. The predicted molar refractivity (Wildman–Crippen MR) is 110 cm³/mol. The van der Waals surface area contributed by atoms with Crippen molar-refractivity contribution in [2.45, 2.75) is 6.61 Å². The lowest BCUT2D eigenvalue weighted by Crippen LogP contribution is -2.12. The normalized spacial score (nSPS) is 11.0. The second kappa shape index (κ2) is 8.69. The lowest BCUT2D eigenvalue weighted by Gasteiger charge is -2.12. The Morgan fingerprint density at radius 3 is 2.33 bits per heavy atom. The fourth-order valence-corrected chi connectivity index (χ4v) is 4.12. The van der Waals surface area contributed by atoms with E-state index in [0.717, 1.165) is 24.0 Å². The maximum atomic E-state index is 11.1. The van der Waals surface area contributed by atoms with E-state index in [9.17, 15) is 4.79 Å². The van der Waals surface area contributed by atoms with Gasteiger partial charge in [0, 0.05) is 5.02 Å². The highest BCUT2D eigenvalue weighted by molar-refractivity contribution is 14.1. The lowest BCUT2D eigenvalue weighted by atomic mass is 10.1. The summed E-state index contributed by atoms with van der Waals surface area (Å²) in [5.41, 5.74) is 6.80. The van der Waals surface area contributed by atoms with E-state index in [1.54, 1.807) is 6.07 Å². The minimum Gasteiger partial charge on any atom is -0.487 e. The highest BCUT2D eigenvalue weighted by Gasteiger charge is 2.10. The van der Waals surface area contributed by atoms with Crippen molar-refractivity contribution in [1.29, 1.82) is 5.26 Å². The van der Waals surface area contributed by atoms with Crippen LogP contribution in [0.5, 0.6) is 5.75 Å². The van der Waals surface area contributed by atoms with Gasteiger partial charge in [-0.2, -0.15) is 5.26 Å². The third-order valence-electron chi connectivity index (χ3n) is 3.01. The number of hydrogen-bond donors (Lipinski definition) is 1. The molecule has 0 radical (unpaired) electrons. The van der Waals surface area contributed by atoms with Crippen LogP contribution in [-0.4, -0.2) is 5.91 Å². The smallest absolute Gasteiger partial charge is 0.259 e. The zero-order chi connectivity index (χ0) is 17.7. The Labute approximate surface area is 171 Å². The number of halogens is 3. The van der Waals surface area contributed by atoms with Gasteiger partial charge in [0.25, 0.3) is 5.91 Å². The van der Waals surface area contributed by atoms with E-state index in [-0.39, 0.29) is 5.57 Å². The third-order valence-corrected chi connectivity index (χ3v) is 4.87. The van der Waals surface area contributed by atoms with Gasteiger partial charge in [-0.3, -0.25) is 4.79 Å². The zero-order valence-corrected chi connectivity index (χ0v) is 17.3. The fraction of sp³-hybridized carbons (Fsp3) is 0.0588. The van der Waals surface area contributed by atoms with Gasteiger partial charge >= 0.3 is 0 Å². The van der Waals surface area contributed by atoms with E-state index in [1.807, 2.05) is 36.4 Å². The molecule has 0 aliphatic carbocycles. The maximum absolute atomic E-state index is 11.1. The van der Waals surface area contributed by atoms with E-state index < -0.39 is 5.91 Å². The van der Waals surface area contributed by atoms with Crippen molar-refractivity contribution in [3.8, 4) is 11.8 Å². The van der Waals surface area contributed by atoms with E-state index in [4.69, 9.17) is 27.3 Å². The molecule has 0 aromatic heterocycles. The monoisotopic (exact) mass is 564 g/mol. The molecule has 7 heteroatoms. The molecular formula is C17H11ClI2N2O2. The number of carbonyl (C=O) groups is 1. The van der Waals surface area contributed by atoms with Crippen LogP contribution in [0.4, 0.5) is 0 Å². The second-order valence-electron chi connectivity index (χ2n) is 4.76. The van der Waals surface area contributed by atoms with Crippen molar-refractivity contribution in [3.05, 3.63) is 65.3 Å². The largest absolute Gasteiger partial charge is 0.487 e. The molecule has 0 saturated carbocycles. The first-order valence-corrected chi connectivity index (χ1v) is 9.22. The molecule has 122 valence electrons. The highest BCUT2D eigenvalue weighted by atomic mass is 127. The van der Waals surface area contributed by atoms with Gasteiger partial charge in [-0.25, -0.2) is 0 Å². The molecule has 2 N–H and O–H groups in total. The van der Waals surface area contributed by atoms with E-state index in [0.29, 0.717) is 11.6 Å². The van der Waals surface area contributed by atoms with Crippen LogP contribution < -0.4 is 10.5 Å². The van der Waals surface area contributed by atoms with Gasteiger partial charge in [-0.1, -0.05) is 23.7 Å². The van der Waals surface area contributed by atoms with Gasteiger partial charge in [-0.15, -0.1) is 0 Å². The summed E-state index contributed by atoms with van der Waals surface area (Å²) in [4.78, 5) is 11.1. The number of nitrogens with zero attached hydrogens (tertiary/aromatic N) is 1. The minimum atomic E-state index is -0.745. The number of rotatable bonds is 5. The van der Waals surface area contributed by atoms with Gasteiger partial charge in [0.1, 0.15) is 24.0 Å². The number of ether oxygens (including phenoxy) is 1. The molecule has 0 atom stereocenters. The molecular weight excluding hydrogens is 553 g/mol. The summed E-state index contributed by atoms with van der Waals surface area (Å²) in [7, 11) is 0. The van der Waals surface area contributed by atoms with Crippen molar-refractivity contribution in [2.75, 3.05) is 0 Å². The lowest BCUT2D eigenvalue weighted by molar-refractivity contribution is -0.114. The predicted octanol–water partition coefficient (Wildman–Crippen LogP) is 4.52. The van der Waals surface area contributed by atoms with Crippen LogP contribution in [0.15, 0.2) is 42.0 Å². The molecule has 0 aliphatic heterocycles. The van der Waals surface area contributed by atoms with E-state index >= 15 is 0 Å². The van der Waals surface area contributed by atoms with Gasteiger partial charge in [-0.05, 0) is 86.7 Å². The Bertz CT molecular complexity index is 820. The Morgan fingerprint density at radius 2 is 1.83 bits per heavy atom. The summed E-state index contributed by atoms with van der Waals surface area (Å²) in [5, 5.41) is 9.61. The van der Waals surface area contributed by atoms with E-state index in [1.165, 1.54) is 6.08 Å². The van der Waals surface area contributed by atoms with Crippen LogP contribution >= 0.6 is 56.8 Å². The Balaban J connectivity index is 2.22. The first kappa shape index (κ1) is 19.0. The number of carbonyl (C=O) groups excluding carboxylic acids is 1. The molecule has 0 aliphatic rings. The summed E-state index contributed by atoms with van der Waals surface area (Å²) in [6, 6.07) is 12.9. The van der Waals surface area contributed by atoms with Crippen LogP contribution in [-0.2, 0) is 11.4 Å². The average molecular weight is 565 g/mol. The first-order chi connectivity index (χ1) is 11.4. The number of nitriles is 1. The molecule has 0 saturated heterocycles. The fourth-order valence-electron chi connectivity index (χ4n) is 1.86. The molecule has 0 heterocycles. The summed E-state index contributed by atoms with van der Waals surface area (Å²) < 4.78 is 7.64.